The highest BCUT2D eigenvalue weighted by atomic mass is 35.5. The van der Waals surface area contributed by atoms with Crippen molar-refractivity contribution >= 4 is 33.2 Å². The molecule has 0 aliphatic carbocycles. The van der Waals surface area contributed by atoms with Crippen molar-refractivity contribution < 1.29 is 23.1 Å². The number of nitrogens with one attached hydrogen (secondary N) is 2. The van der Waals surface area contributed by atoms with Crippen molar-refractivity contribution in [1.29, 1.82) is 5.26 Å². The molecule has 0 aliphatic rings. The number of amides is 1. The van der Waals surface area contributed by atoms with Gasteiger partial charge in [0.25, 0.3) is 0 Å². The summed E-state index contributed by atoms with van der Waals surface area (Å²) in [7, 11) is -3.78. The number of sulfonamides is 1. The Kier molecular flexibility index (Phi) is 8.71. The van der Waals surface area contributed by atoms with E-state index in [4.69, 9.17) is 21.6 Å². The maximum atomic E-state index is 12.7. The minimum absolute atomic E-state index is 0.0412. The van der Waals surface area contributed by atoms with Gasteiger partial charge < -0.3 is 15.2 Å². The van der Waals surface area contributed by atoms with Gasteiger partial charge in [-0.25, -0.2) is 13.1 Å². The molecule has 3 rings (SSSR count). The quantitative estimate of drug-likeness (QED) is 0.377. The molecule has 0 saturated heterocycles. The third kappa shape index (κ3) is 7.29. The average molecular weight is 528 g/mol. The topological polar surface area (TPSA) is 129 Å². The number of nitrogens with zero attached hydrogens (tertiary/aromatic N) is 1. The smallest absolute Gasteiger partial charge is 0.240 e. The molecule has 10 heteroatoms. The molecular formula is C26H26ClN3O5S. The van der Waals surface area contributed by atoms with Gasteiger partial charge >= 0.3 is 0 Å². The van der Waals surface area contributed by atoms with E-state index in [1.54, 1.807) is 25.1 Å². The molecule has 0 bridgehead atoms. The molecule has 0 spiro atoms. The molecule has 3 N–H and O–H groups in total. The molecule has 3 aromatic rings. The van der Waals surface area contributed by atoms with Crippen LogP contribution in [0.5, 0.6) is 11.5 Å². The number of carbonyl (C=O) groups excluding carboxylic acids is 1. The Balaban J connectivity index is 1.71. The summed E-state index contributed by atoms with van der Waals surface area (Å²) in [5.41, 5.74) is 2.98. The van der Waals surface area contributed by atoms with Crippen molar-refractivity contribution in [3.8, 4) is 17.6 Å². The summed E-state index contributed by atoms with van der Waals surface area (Å²) in [4.78, 5) is 12.8. The summed E-state index contributed by atoms with van der Waals surface area (Å²) in [5, 5.41) is 21.6. The van der Waals surface area contributed by atoms with Gasteiger partial charge in [-0.2, -0.15) is 5.26 Å². The Hall–Kier alpha value is -3.42. The van der Waals surface area contributed by atoms with Crippen LogP contribution >= 0.6 is 11.6 Å². The van der Waals surface area contributed by atoms with Gasteiger partial charge in [0.1, 0.15) is 11.5 Å². The number of aryl methyl sites for hydroxylation is 2. The van der Waals surface area contributed by atoms with E-state index >= 15 is 0 Å². The lowest BCUT2D eigenvalue weighted by molar-refractivity contribution is -0.115. The van der Waals surface area contributed by atoms with Crippen LogP contribution in [0.4, 0.5) is 5.69 Å². The number of hydrogen-bond acceptors (Lipinski definition) is 6. The Labute approximate surface area is 215 Å². The molecule has 0 radical (unpaired) electrons. The van der Waals surface area contributed by atoms with Crippen LogP contribution in [0.2, 0.25) is 5.02 Å². The molecular weight excluding hydrogens is 502 g/mol. The first-order valence-corrected chi connectivity index (χ1v) is 12.9. The zero-order chi connectivity index (χ0) is 26.5. The van der Waals surface area contributed by atoms with E-state index in [2.05, 4.69) is 10.0 Å². The van der Waals surface area contributed by atoms with E-state index in [9.17, 15) is 18.3 Å². The van der Waals surface area contributed by atoms with Gasteiger partial charge in [0.05, 0.1) is 29.1 Å². The van der Waals surface area contributed by atoms with Crippen LogP contribution < -0.4 is 14.8 Å². The Bertz CT molecular complexity index is 1430. The number of aliphatic hydroxyl groups is 1. The molecule has 36 heavy (non-hydrogen) atoms. The molecule has 1 amide bonds. The Morgan fingerprint density at radius 2 is 1.86 bits per heavy atom. The van der Waals surface area contributed by atoms with Crippen molar-refractivity contribution in [3.63, 3.8) is 0 Å². The van der Waals surface area contributed by atoms with Gasteiger partial charge in [0, 0.05) is 17.3 Å². The maximum Gasteiger partial charge on any atom is 0.240 e. The second-order valence-electron chi connectivity index (χ2n) is 8.39. The van der Waals surface area contributed by atoms with E-state index in [-0.39, 0.29) is 23.8 Å². The molecule has 8 nitrogen and oxygen atoms in total. The molecule has 0 aromatic heterocycles. The van der Waals surface area contributed by atoms with Gasteiger partial charge in [-0.3, -0.25) is 4.79 Å². The molecule has 0 fully saturated rings. The van der Waals surface area contributed by atoms with Crippen molar-refractivity contribution in [2.75, 3.05) is 11.9 Å². The second kappa shape index (κ2) is 11.5. The fourth-order valence-electron chi connectivity index (χ4n) is 3.31. The SMILES string of the molecule is Cc1cc(S(=O)(=O)NCC(C)O)ccc1NC(=O)Cc1ccc(C)c(Oc2cc(Cl)cc(C#N)c2)c1. The first-order valence-electron chi connectivity index (χ1n) is 11.0. The lowest BCUT2D eigenvalue weighted by Gasteiger charge is -2.13. The zero-order valence-electron chi connectivity index (χ0n) is 20.0. The van der Waals surface area contributed by atoms with Gasteiger partial charge in [0.15, 0.2) is 0 Å². The number of hydrogen-bond donors (Lipinski definition) is 3. The van der Waals surface area contributed by atoms with Crippen molar-refractivity contribution in [3.05, 3.63) is 81.9 Å². The van der Waals surface area contributed by atoms with Crippen LogP contribution in [0, 0.1) is 25.2 Å². The first-order chi connectivity index (χ1) is 17.0. The van der Waals surface area contributed by atoms with Gasteiger partial charge in [0.2, 0.25) is 15.9 Å². The van der Waals surface area contributed by atoms with Crippen molar-refractivity contribution in [2.45, 2.75) is 38.2 Å². The number of nitriles is 1. The predicted octanol–water partition coefficient (Wildman–Crippen LogP) is 4.46. The van der Waals surface area contributed by atoms with Crippen LogP contribution in [0.25, 0.3) is 0 Å². The number of carbonyl (C=O) groups is 1. The number of anilines is 1. The van der Waals surface area contributed by atoms with Crippen LogP contribution in [0.3, 0.4) is 0 Å². The fourth-order valence-corrected chi connectivity index (χ4v) is 4.75. The summed E-state index contributed by atoms with van der Waals surface area (Å²) in [5.74, 6) is 0.657. The minimum atomic E-state index is -3.78. The van der Waals surface area contributed by atoms with Crippen LogP contribution in [0.15, 0.2) is 59.5 Å². The van der Waals surface area contributed by atoms with Crippen LogP contribution in [-0.2, 0) is 21.2 Å². The van der Waals surface area contributed by atoms with Gasteiger partial charge in [-0.15, -0.1) is 0 Å². The summed E-state index contributed by atoms with van der Waals surface area (Å²) in [6.07, 6.45) is -0.752. The van der Waals surface area contributed by atoms with E-state index < -0.39 is 16.1 Å². The highest BCUT2D eigenvalue weighted by molar-refractivity contribution is 7.89. The minimum Gasteiger partial charge on any atom is -0.457 e. The molecule has 0 saturated carbocycles. The largest absolute Gasteiger partial charge is 0.457 e. The van der Waals surface area contributed by atoms with E-state index in [0.29, 0.717) is 38.9 Å². The number of aliphatic hydroxyl groups excluding tert-OH is 1. The number of halogens is 1. The third-order valence-corrected chi connectivity index (χ3v) is 6.84. The van der Waals surface area contributed by atoms with E-state index in [0.717, 1.165) is 5.56 Å². The average Bonchev–Trinajstić information content (AvgIpc) is 2.80. The molecule has 0 aliphatic heterocycles. The van der Waals surface area contributed by atoms with E-state index in [1.165, 1.54) is 31.2 Å². The predicted molar refractivity (Wildman–Crippen MR) is 138 cm³/mol. The van der Waals surface area contributed by atoms with E-state index in [1.807, 2.05) is 25.1 Å². The summed E-state index contributed by atoms with van der Waals surface area (Å²) < 4.78 is 33.0. The normalized spacial score (nSPS) is 12.0. The number of benzene rings is 3. The molecule has 188 valence electrons. The monoisotopic (exact) mass is 527 g/mol. The third-order valence-electron chi connectivity index (χ3n) is 5.20. The van der Waals surface area contributed by atoms with Crippen molar-refractivity contribution in [1.82, 2.24) is 4.72 Å². The number of rotatable bonds is 9. The Morgan fingerprint density at radius 1 is 1.11 bits per heavy atom. The fraction of sp³-hybridized carbons (Fsp3) is 0.231. The highest BCUT2D eigenvalue weighted by Gasteiger charge is 2.17. The number of ether oxygens (including phenoxy) is 1. The zero-order valence-corrected chi connectivity index (χ0v) is 21.6. The molecule has 1 atom stereocenters. The maximum absolute atomic E-state index is 12.7. The summed E-state index contributed by atoms with van der Waals surface area (Å²) in [6.45, 7) is 4.95. The first kappa shape index (κ1) is 27.2. The molecule has 3 aromatic carbocycles. The lowest BCUT2D eigenvalue weighted by Crippen LogP contribution is -2.30. The molecule has 1 unspecified atom stereocenters. The standard InChI is InChI=1S/C26H26ClN3O5S/c1-16-4-5-19(11-25(16)35-22-10-20(14-28)9-21(27)13-22)12-26(32)30-24-7-6-23(8-17(24)2)36(33,34)29-15-18(3)31/h4-11,13,18,29,31H,12,15H2,1-3H3,(H,30,32). The van der Waals surface area contributed by atoms with Crippen molar-refractivity contribution in [2.24, 2.45) is 0 Å². The molecule has 0 heterocycles. The highest BCUT2D eigenvalue weighted by Crippen LogP contribution is 2.29. The summed E-state index contributed by atoms with van der Waals surface area (Å²) in [6, 6.07) is 16.5. The lowest BCUT2D eigenvalue weighted by atomic mass is 10.1. The van der Waals surface area contributed by atoms with Gasteiger partial charge in [-0.05, 0) is 79.9 Å². The van der Waals surface area contributed by atoms with Crippen LogP contribution in [-0.4, -0.2) is 32.1 Å². The second-order valence-corrected chi connectivity index (χ2v) is 10.6. The summed E-state index contributed by atoms with van der Waals surface area (Å²) >= 11 is 6.06. The van der Waals surface area contributed by atoms with Gasteiger partial charge in [-0.1, -0.05) is 23.7 Å². The Morgan fingerprint density at radius 3 is 2.53 bits per heavy atom. The van der Waals surface area contributed by atoms with Crippen LogP contribution in [0.1, 0.15) is 29.2 Å².